The first-order chi connectivity index (χ1) is 9.38. The molecular formula is C14H22N2O3S. The first kappa shape index (κ1) is 16.7. The predicted molar refractivity (Wildman–Crippen MR) is 81.1 cm³/mol. The molecule has 0 radical (unpaired) electrons. The van der Waals surface area contributed by atoms with Crippen LogP contribution in [0.15, 0.2) is 24.3 Å². The predicted octanol–water partition coefficient (Wildman–Crippen LogP) is 1.54. The molecule has 20 heavy (non-hydrogen) atoms. The maximum atomic E-state index is 11.9. The zero-order valence-corrected chi connectivity index (χ0v) is 12.7. The van der Waals surface area contributed by atoms with Gasteiger partial charge >= 0.3 is 0 Å². The van der Waals surface area contributed by atoms with Crippen molar-refractivity contribution >= 4 is 21.4 Å². The van der Waals surface area contributed by atoms with Crippen molar-refractivity contribution in [3.63, 3.8) is 0 Å². The molecule has 1 aromatic rings. The zero-order valence-electron chi connectivity index (χ0n) is 11.9. The van der Waals surface area contributed by atoms with Crippen molar-refractivity contribution in [2.24, 2.45) is 11.7 Å². The highest BCUT2D eigenvalue weighted by atomic mass is 32.2. The Bertz CT molecular complexity index is 555. The van der Waals surface area contributed by atoms with Gasteiger partial charge in [-0.2, -0.15) is 0 Å². The van der Waals surface area contributed by atoms with Crippen molar-refractivity contribution in [1.82, 2.24) is 0 Å². The van der Waals surface area contributed by atoms with Gasteiger partial charge in [-0.25, -0.2) is 8.42 Å². The van der Waals surface area contributed by atoms with Crippen LogP contribution in [0.25, 0.3) is 0 Å². The van der Waals surface area contributed by atoms with Crippen LogP contribution < -0.4 is 11.1 Å². The van der Waals surface area contributed by atoms with Crippen molar-refractivity contribution in [2.45, 2.75) is 26.8 Å². The van der Waals surface area contributed by atoms with E-state index in [4.69, 9.17) is 5.73 Å². The van der Waals surface area contributed by atoms with Crippen LogP contribution in [0.2, 0.25) is 0 Å². The third-order valence-electron chi connectivity index (χ3n) is 3.10. The van der Waals surface area contributed by atoms with Crippen LogP contribution in [0.5, 0.6) is 0 Å². The van der Waals surface area contributed by atoms with Gasteiger partial charge in [0.1, 0.15) is 5.75 Å². The Morgan fingerprint density at radius 3 is 2.60 bits per heavy atom. The molecule has 0 aliphatic heterocycles. The van der Waals surface area contributed by atoms with Gasteiger partial charge in [-0.15, -0.1) is 0 Å². The lowest BCUT2D eigenvalue weighted by Gasteiger charge is -2.11. The Kier molecular flexibility index (Phi) is 6.16. The van der Waals surface area contributed by atoms with Crippen molar-refractivity contribution < 1.29 is 13.2 Å². The van der Waals surface area contributed by atoms with E-state index >= 15 is 0 Å². The highest BCUT2D eigenvalue weighted by molar-refractivity contribution is 7.92. The van der Waals surface area contributed by atoms with Crippen LogP contribution >= 0.6 is 0 Å². The standard InChI is InChI=1S/C14H22N2O3S/c1-3-11(2)9-20(18,19)10-14(17)16-13-7-5-4-6-12(13)8-15/h4-7,11H,3,8-10,15H2,1-2H3,(H,16,17). The molecule has 0 aliphatic rings. The second kappa shape index (κ2) is 7.40. The molecule has 0 saturated carbocycles. The number of benzene rings is 1. The van der Waals surface area contributed by atoms with Crippen molar-refractivity contribution in [3.05, 3.63) is 29.8 Å². The molecule has 0 bridgehead atoms. The topological polar surface area (TPSA) is 89.3 Å². The van der Waals surface area contributed by atoms with Gasteiger partial charge in [0, 0.05) is 12.2 Å². The number of sulfone groups is 1. The molecule has 5 nitrogen and oxygen atoms in total. The Labute approximate surface area is 120 Å². The molecule has 0 fully saturated rings. The summed E-state index contributed by atoms with van der Waals surface area (Å²) in [5.74, 6) is -0.913. The van der Waals surface area contributed by atoms with Gasteiger partial charge in [0.25, 0.3) is 0 Å². The number of anilines is 1. The molecule has 0 saturated heterocycles. The molecule has 1 aromatic carbocycles. The van der Waals surface area contributed by atoms with Crippen molar-refractivity contribution in [3.8, 4) is 0 Å². The second-order valence-electron chi connectivity index (χ2n) is 4.98. The van der Waals surface area contributed by atoms with Crippen LogP contribution in [-0.2, 0) is 21.2 Å². The van der Waals surface area contributed by atoms with Crippen molar-refractivity contribution in [1.29, 1.82) is 0 Å². The number of nitrogens with two attached hydrogens (primary N) is 1. The Morgan fingerprint density at radius 1 is 1.35 bits per heavy atom. The van der Waals surface area contributed by atoms with Gasteiger partial charge in [0.05, 0.1) is 5.75 Å². The average molecular weight is 298 g/mol. The Hall–Kier alpha value is -1.40. The number of amides is 1. The summed E-state index contributed by atoms with van der Waals surface area (Å²) >= 11 is 0. The lowest BCUT2D eigenvalue weighted by Crippen LogP contribution is -2.27. The molecule has 3 N–H and O–H groups in total. The van der Waals surface area contributed by atoms with Crippen LogP contribution in [0.1, 0.15) is 25.8 Å². The van der Waals surface area contributed by atoms with Gasteiger partial charge < -0.3 is 11.1 Å². The average Bonchev–Trinajstić information content (AvgIpc) is 2.37. The van der Waals surface area contributed by atoms with Crippen molar-refractivity contribution in [2.75, 3.05) is 16.8 Å². The fraction of sp³-hybridized carbons (Fsp3) is 0.500. The first-order valence-corrected chi connectivity index (χ1v) is 8.48. The SMILES string of the molecule is CCC(C)CS(=O)(=O)CC(=O)Nc1ccccc1CN. The van der Waals surface area contributed by atoms with Gasteiger partial charge in [-0.3, -0.25) is 4.79 Å². The van der Waals surface area contributed by atoms with E-state index in [0.29, 0.717) is 5.69 Å². The summed E-state index contributed by atoms with van der Waals surface area (Å²) in [4.78, 5) is 11.8. The summed E-state index contributed by atoms with van der Waals surface area (Å²) in [6.45, 7) is 4.08. The minimum Gasteiger partial charge on any atom is -0.326 e. The lowest BCUT2D eigenvalue weighted by molar-refractivity contribution is -0.113. The molecule has 0 aromatic heterocycles. The van der Waals surface area contributed by atoms with E-state index in [0.717, 1.165) is 12.0 Å². The Morgan fingerprint density at radius 2 is 2.00 bits per heavy atom. The highest BCUT2D eigenvalue weighted by Gasteiger charge is 2.19. The highest BCUT2D eigenvalue weighted by Crippen LogP contribution is 2.14. The summed E-state index contributed by atoms with van der Waals surface area (Å²) in [5.41, 5.74) is 6.91. The molecule has 0 aliphatic carbocycles. The number of hydrogen-bond acceptors (Lipinski definition) is 4. The van der Waals surface area contributed by atoms with E-state index in [-0.39, 0.29) is 18.2 Å². The van der Waals surface area contributed by atoms with E-state index in [2.05, 4.69) is 5.32 Å². The number of nitrogens with one attached hydrogen (secondary N) is 1. The maximum absolute atomic E-state index is 11.9. The van der Waals surface area contributed by atoms with Crippen LogP contribution in [0.4, 0.5) is 5.69 Å². The number of hydrogen-bond donors (Lipinski definition) is 2. The van der Waals surface area contributed by atoms with Crippen LogP contribution in [0, 0.1) is 5.92 Å². The van der Waals surface area contributed by atoms with Gasteiger partial charge in [0.15, 0.2) is 9.84 Å². The van der Waals surface area contributed by atoms with Gasteiger partial charge in [-0.1, -0.05) is 38.5 Å². The number of para-hydroxylation sites is 1. The molecule has 6 heteroatoms. The maximum Gasteiger partial charge on any atom is 0.239 e. The summed E-state index contributed by atoms with van der Waals surface area (Å²) < 4.78 is 23.7. The van der Waals surface area contributed by atoms with Gasteiger partial charge in [-0.05, 0) is 17.5 Å². The molecule has 0 spiro atoms. The molecule has 1 rings (SSSR count). The number of carbonyl (C=O) groups is 1. The quantitative estimate of drug-likeness (QED) is 0.799. The monoisotopic (exact) mass is 298 g/mol. The third kappa shape index (κ3) is 5.30. The Balaban J connectivity index is 2.68. The normalized spacial score (nSPS) is 12.9. The first-order valence-electron chi connectivity index (χ1n) is 6.66. The smallest absolute Gasteiger partial charge is 0.239 e. The largest absolute Gasteiger partial charge is 0.326 e. The summed E-state index contributed by atoms with van der Waals surface area (Å²) in [6, 6.07) is 7.09. The van der Waals surface area contributed by atoms with Crippen LogP contribution in [-0.4, -0.2) is 25.8 Å². The van der Waals surface area contributed by atoms with E-state index in [1.165, 1.54) is 0 Å². The zero-order chi connectivity index (χ0) is 15.2. The summed E-state index contributed by atoms with van der Waals surface area (Å²) in [5, 5.41) is 2.61. The lowest BCUT2D eigenvalue weighted by atomic mass is 10.2. The third-order valence-corrected chi connectivity index (χ3v) is 4.88. The fourth-order valence-electron chi connectivity index (χ4n) is 1.82. The fourth-order valence-corrected chi connectivity index (χ4v) is 3.51. The van der Waals surface area contributed by atoms with E-state index < -0.39 is 21.5 Å². The molecule has 1 unspecified atom stereocenters. The van der Waals surface area contributed by atoms with Gasteiger partial charge in [0.2, 0.25) is 5.91 Å². The number of rotatable bonds is 7. The minimum atomic E-state index is -3.38. The van der Waals surface area contributed by atoms with E-state index in [1.807, 2.05) is 19.9 Å². The summed E-state index contributed by atoms with van der Waals surface area (Å²) in [6.07, 6.45) is 0.775. The van der Waals surface area contributed by atoms with E-state index in [9.17, 15) is 13.2 Å². The van der Waals surface area contributed by atoms with E-state index in [1.54, 1.807) is 18.2 Å². The number of carbonyl (C=O) groups excluding carboxylic acids is 1. The molecular weight excluding hydrogens is 276 g/mol. The van der Waals surface area contributed by atoms with Crippen LogP contribution in [0.3, 0.4) is 0 Å². The molecule has 112 valence electrons. The molecule has 1 atom stereocenters. The summed E-state index contributed by atoms with van der Waals surface area (Å²) in [7, 11) is -3.38. The molecule has 0 heterocycles. The second-order valence-corrected chi connectivity index (χ2v) is 7.09. The minimum absolute atomic E-state index is 0.0372. The molecule has 1 amide bonds.